The van der Waals surface area contributed by atoms with Crippen LogP contribution in [0.15, 0.2) is 12.7 Å². The zero-order chi connectivity index (χ0) is 8.32. The fraction of sp³-hybridized carbons (Fsp3) is 0.700. The second-order valence-electron chi connectivity index (χ2n) is 3.39. The van der Waals surface area contributed by atoms with E-state index in [0.29, 0.717) is 5.78 Å². The zero-order valence-corrected chi connectivity index (χ0v) is 7.23. The van der Waals surface area contributed by atoms with E-state index in [-0.39, 0.29) is 5.41 Å². The molecule has 1 atom stereocenters. The topological polar surface area (TPSA) is 17.1 Å². The second kappa shape index (κ2) is 3.21. The third-order valence-corrected chi connectivity index (χ3v) is 2.72. The first-order valence-electron chi connectivity index (χ1n) is 4.42. The van der Waals surface area contributed by atoms with Crippen molar-refractivity contribution in [3.05, 3.63) is 12.7 Å². The lowest BCUT2D eigenvalue weighted by molar-refractivity contribution is -0.134. The van der Waals surface area contributed by atoms with Crippen LogP contribution in [-0.4, -0.2) is 5.78 Å². The van der Waals surface area contributed by atoms with Gasteiger partial charge in [-0.05, 0) is 12.8 Å². The molecule has 0 aromatic heterocycles. The second-order valence-corrected chi connectivity index (χ2v) is 3.39. The van der Waals surface area contributed by atoms with E-state index >= 15 is 0 Å². The molecule has 1 nitrogen and oxygen atoms in total. The molecule has 11 heavy (non-hydrogen) atoms. The lowest BCUT2D eigenvalue weighted by Crippen LogP contribution is -2.38. The van der Waals surface area contributed by atoms with Crippen LogP contribution in [0.1, 0.15) is 39.0 Å². The van der Waals surface area contributed by atoms with Gasteiger partial charge in [-0.2, -0.15) is 0 Å². The fourth-order valence-electron chi connectivity index (χ4n) is 1.62. The van der Waals surface area contributed by atoms with E-state index in [1.54, 1.807) is 0 Å². The van der Waals surface area contributed by atoms with Gasteiger partial charge in [0.15, 0.2) is 0 Å². The highest BCUT2D eigenvalue weighted by Crippen LogP contribution is 2.42. The minimum atomic E-state index is -0.101. The summed E-state index contributed by atoms with van der Waals surface area (Å²) in [4.78, 5) is 11.2. The van der Waals surface area contributed by atoms with Gasteiger partial charge >= 0.3 is 0 Å². The summed E-state index contributed by atoms with van der Waals surface area (Å²) in [5.41, 5.74) is -0.101. The normalized spacial score (nSPS) is 29.7. The fourth-order valence-corrected chi connectivity index (χ4v) is 1.62. The summed E-state index contributed by atoms with van der Waals surface area (Å²) in [6.45, 7) is 5.89. The quantitative estimate of drug-likeness (QED) is 0.566. The average molecular weight is 152 g/mol. The molecule has 0 spiro atoms. The van der Waals surface area contributed by atoms with E-state index in [1.165, 1.54) is 6.42 Å². The van der Waals surface area contributed by atoms with E-state index in [0.717, 1.165) is 25.7 Å². The predicted molar refractivity (Wildman–Crippen MR) is 46.4 cm³/mol. The van der Waals surface area contributed by atoms with Gasteiger partial charge in [0.25, 0.3) is 0 Å². The van der Waals surface area contributed by atoms with Crippen molar-refractivity contribution >= 4 is 5.78 Å². The third-order valence-electron chi connectivity index (χ3n) is 2.72. The van der Waals surface area contributed by atoms with Crippen LogP contribution in [0.2, 0.25) is 0 Å². The lowest BCUT2D eigenvalue weighted by Gasteiger charge is -2.37. The maximum atomic E-state index is 11.2. The van der Waals surface area contributed by atoms with Crippen LogP contribution in [0.4, 0.5) is 0 Å². The monoisotopic (exact) mass is 152 g/mol. The van der Waals surface area contributed by atoms with Crippen LogP contribution in [0.3, 0.4) is 0 Å². The van der Waals surface area contributed by atoms with Crippen molar-refractivity contribution in [3.63, 3.8) is 0 Å². The van der Waals surface area contributed by atoms with Gasteiger partial charge in [-0.25, -0.2) is 0 Å². The van der Waals surface area contributed by atoms with Gasteiger partial charge in [0.2, 0.25) is 0 Å². The van der Waals surface area contributed by atoms with E-state index in [1.807, 2.05) is 6.08 Å². The van der Waals surface area contributed by atoms with E-state index in [4.69, 9.17) is 0 Å². The van der Waals surface area contributed by atoms with Gasteiger partial charge in [-0.1, -0.05) is 25.8 Å². The minimum absolute atomic E-state index is 0.101. The summed E-state index contributed by atoms with van der Waals surface area (Å²) in [7, 11) is 0. The minimum Gasteiger partial charge on any atom is -0.299 e. The molecular formula is C10H16O. The van der Waals surface area contributed by atoms with Gasteiger partial charge < -0.3 is 0 Å². The van der Waals surface area contributed by atoms with Crippen molar-refractivity contribution in [2.45, 2.75) is 39.0 Å². The van der Waals surface area contributed by atoms with Gasteiger partial charge in [-0.3, -0.25) is 4.79 Å². The summed E-state index contributed by atoms with van der Waals surface area (Å²) in [5.74, 6) is 0.404. The number of unbranched alkanes of at least 4 members (excludes halogenated alkanes) is 1. The van der Waals surface area contributed by atoms with Gasteiger partial charge in [0.1, 0.15) is 5.78 Å². The first-order valence-corrected chi connectivity index (χ1v) is 4.42. The highest BCUT2D eigenvalue weighted by molar-refractivity contribution is 5.92. The Labute approximate surface area is 68.5 Å². The highest BCUT2D eigenvalue weighted by Gasteiger charge is 2.42. The molecule has 1 unspecified atom stereocenters. The molecule has 0 aromatic carbocycles. The Bertz CT molecular complexity index is 172. The van der Waals surface area contributed by atoms with Crippen LogP contribution < -0.4 is 0 Å². The Hall–Kier alpha value is -0.590. The van der Waals surface area contributed by atoms with Crippen molar-refractivity contribution in [2.75, 3.05) is 0 Å². The number of hydrogen-bond donors (Lipinski definition) is 0. The van der Waals surface area contributed by atoms with Gasteiger partial charge in [-0.15, -0.1) is 6.58 Å². The third kappa shape index (κ3) is 1.37. The maximum Gasteiger partial charge on any atom is 0.142 e. The molecular weight excluding hydrogens is 136 g/mol. The summed E-state index contributed by atoms with van der Waals surface area (Å²) in [6.07, 6.45) is 7.01. The molecule has 0 saturated heterocycles. The standard InChI is InChI=1S/C10H16O/c1-3-5-7-10(4-2)8-6-9(10)11/h4H,2-3,5-8H2,1H3. The van der Waals surface area contributed by atoms with Crippen molar-refractivity contribution in [1.29, 1.82) is 0 Å². The maximum absolute atomic E-state index is 11.2. The molecule has 0 aromatic rings. The van der Waals surface area contributed by atoms with E-state index in [2.05, 4.69) is 13.5 Å². The Morgan fingerprint density at radius 2 is 2.45 bits per heavy atom. The largest absolute Gasteiger partial charge is 0.299 e. The number of ketones is 1. The molecule has 1 rings (SSSR count). The lowest BCUT2D eigenvalue weighted by atomic mass is 9.65. The highest BCUT2D eigenvalue weighted by atomic mass is 16.1. The first kappa shape index (κ1) is 8.51. The van der Waals surface area contributed by atoms with Crippen molar-refractivity contribution < 1.29 is 4.79 Å². The molecule has 1 aliphatic carbocycles. The number of allylic oxidation sites excluding steroid dienone is 1. The summed E-state index contributed by atoms with van der Waals surface area (Å²) < 4.78 is 0. The Balaban J connectivity index is 2.47. The van der Waals surface area contributed by atoms with Crippen molar-refractivity contribution in [3.8, 4) is 0 Å². The SMILES string of the molecule is C=CC1(CCCC)CCC1=O. The number of rotatable bonds is 4. The number of Topliss-reactive ketones (excluding diaryl/α,β-unsaturated/α-hetero) is 1. The molecule has 1 fully saturated rings. The molecule has 0 heterocycles. The molecule has 0 aliphatic heterocycles. The van der Waals surface area contributed by atoms with Crippen LogP contribution in [0, 0.1) is 5.41 Å². The number of hydrogen-bond acceptors (Lipinski definition) is 1. The van der Waals surface area contributed by atoms with Crippen LogP contribution in [0.5, 0.6) is 0 Å². The van der Waals surface area contributed by atoms with E-state index in [9.17, 15) is 4.79 Å². The molecule has 1 heteroatoms. The summed E-state index contributed by atoms with van der Waals surface area (Å²) >= 11 is 0. The molecule has 0 N–H and O–H groups in total. The van der Waals surface area contributed by atoms with E-state index < -0.39 is 0 Å². The summed E-state index contributed by atoms with van der Waals surface area (Å²) in [6, 6.07) is 0. The van der Waals surface area contributed by atoms with Gasteiger partial charge in [0, 0.05) is 11.8 Å². The molecule has 1 saturated carbocycles. The van der Waals surface area contributed by atoms with Crippen molar-refractivity contribution in [2.24, 2.45) is 5.41 Å². The zero-order valence-electron chi connectivity index (χ0n) is 7.23. The average Bonchev–Trinajstić information content (AvgIpc) is 2.04. The van der Waals surface area contributed by atoms with Gasteiger partial charge in [0.05, 0.1) is 0 Å². The molecule has 62 valence electrons. The molecule has 0 radical (unpaired) electrons. The number of carbonyl (C=O) groups is 1. The Kier molecular flexibility index (Phi) is 2.48. The predicted octanol–water partition coefficient (Wildman–Crippen LogP) is 2.71. The molecule has 1 aliphatic rings. The first-order chi connectivity index (χ1) is 5.25. The molecule has 0 bridgehead atoms. The van der Waals surface area contributed by atoms with Crippen LogP contribution in [0.25, 0.3) is 0 Å². The Morgan fingerprint density at radius 1 is 1.73 bits per heavy atom. The number of carbonyl (C=O) groups excluding carboxylic acids is 1. The van der Waals surface area contributed by atoms with Crippen LogP contribution in [-0.2, 0) is 4.79 Å². The van der Waals surface area contributed by atoms with Crippen molar-refractivity contribution in [1.82, 2.24) is 0 Å². The smallest absolute Gasteiger partial charge is 0.142 e. The molecule has 0 amide bonds. The summed E-state index contributed by atoms with van der Waals surface area (Å²) in [5, 5.41) is 0. The van der Waals surface area contributed by atoms with Crippen LogP contribution >= 0.6 is 0 Å². The Morgan fingerprint density at radius 3 is 2.73 bits per heavy atom.